The molecule has 0 saturated carbocycles. The number of benzene rings is 2. The van der Waals surface area contributed by atoms with Crippen LogP contribution in [0.15, 0.2) is 36.4 Å². The van der Waals surface area contributed by atoms with Crippen LogP contribution < -0.4 is 14.8 Å². The Bertz CT molecular complexity index is 944. The summed E-state index contributed by atoms with van der Waals surface area (Å²) in [4.78, 5) is 7.65. The molecule has 0 aliphatic heterocycles. The van der Waals surface area contributed by atoms with E-state index in [2.05, 4.69) is 15.3 Å². The fraction of sp³-hybridized carbons (Fsp3) is 0.176. The van der Waals surface area contributed by atoms with Gasteiger partial charge in [-0.15, -0.1) is 0 Å². The minimum absolute atomic E-state index is 0.0679. The van der Waals surface area contributed by atoms with E-state index in [-0.39, 0.29) is 28.4 Å². The van der Waals surface area contributed by atoms with E-state index in [9.17, 15) is 18.3 Å². The van der Waals surface area contributed by atoms with Gasteiger partial charge < -0.3 is 19.9 Å². The third-order valence-corrected chi connectivity index (χ3v) is 3.61. The average Bonchev–Trinajstić information content (AvgIpc) is 2.60. The van der Waals surface area contributed by atoms with Gasteiger partial charge in [0.25, 0.3) is 0 Å². The van der Waals surface area contributed by atoms with Crippen LogP contribution in [0.3, 0.4) is 0 Å². The molecule has 3 rings (SSSR count). The number of halogens is 3. The zero-order valence-corrected chi connectivity index (χ0v) is 13.8. The molecule has 0 radical (unpaired) electrons. The van der Waals surface area contributed by atoms with Crippen LogP contribution in [-0.4, -0.2) is 29.3 Å². The van der Waals surface area contributed by atoms with Crippen molar-refractivity contribution in [2.24, 2.45) is 0 Å². The predicted octanol–water partition coefficient (Wildman–Crippen LogP) is 4.12. The maximum Gasteiger partial charge on any atom is 0.434 e. The topological polar surface area (TPSA) is 76.5 Å². The molecular formula is C17H14F3N3O3. The number of anilines is 2. The van der Waals surface area contributed by atoms with Gasteiger partial charge in [0, 0.05) is 17.1 Å². The summed E-state index contributed by atoms with van der Waals surface area (Å²) in [6.07, 6.45) is -4.71. The second-order valence-corrected chi connectivity index (χ2v) is 5.29. The van der Waals surface area contributed by atoms with Crippen LogP contribution in [0.25, 0.3) is 10.9 Å². The molecule has 0 aliphatic rings. The number of rotatable bonds is 4. The van der Waals surface area contributed by atoms with E-state index >= 15 is 0 Å². The molecular weight excluding hydrogens is 351 g/mol. The van der Waals surface area contributed by atoms with Gasteiger partial charge in [-0.2, -0.15) is 13.2 Å². The Morgan fingerprint density at radius 1 is 1.00 bits per heavy atom. The van der Waals surface area contributed by atoms with Gasteiger partial charge in [-0.25, -0.2) is 9.97 Å². The first-order chi connectivity index (χ1) is 12.3. The summed E-state index contributed by atoms with van der Waals surface area (Å²) >= 11 is 0. The van der Waals surface area contributed by atoms with Crippen molar-refractivity contribution in [3.05, 3.63) is 42.1 Å². The number of nitrogens with one attached hydrogen (secondary N) is 1. The normalized spacial score (nSPS) is 11.4. The molecule has 6 nitrogen and oxygen atoms in total. The number of hydrogen-bond acceptors (Lipinski definition) is 6. The number of nitrogens with zero attached hydrogens (tertiary/aromatic N) is 2. The second kappa shape index (κ2) is 6.58. The lowest BCUT2D eigenvalue weighted by molar-refractivity contribution is -0.139. The molecule has 0 aliphatic carbocycles. The third kappa shape index (κ3) is 3.41. The lowest BCUT2D eigenvalue weighted by Crippen LogP contribution is -2.12. The van der Waals surface area contributed by atoms with Crippen molar-refractivity contribution >= 4 is 22.5 Å². The van der Waals surface area contributed by atoms with Crippen molar-refractivity contribution in [3.8, 4) is 17.2 Å². The van der Waals surface area contributed by atoms with Crippen molar-refractivity contribution in [1.82, 2.24) is 9.97 Å². The number of aromatic hydroxyl groups is 1. The van der Waals surface area contributed by atoms with Crippen LogP contribution in [0.4, 0.5) is 24.8 Å². The molecule has 0 atom stereocenters. The van der Waals surface area contributed by atoms with E-state index in [1.54, 1.807) is 24.3 Å². The average molecular weight is 365 g/mol. The summed E-state index contributed by atoms with van der Waals surface area (Å²) in [5, 5.41) is 12.3. The standard InChI is InChI=1S/C17H14F3N3O3/c1-25-10-5-3-9(4-6-10)21-16-22-12-8-13(24)14(26-2)7-11(12)15(23-16)17(18,19)20/h3-8,24H,1-2H3,(H,21,22,23). The number of hydrogen-bond donors (Lipinski definition) is 2. The summed E-state index contributed by atoms with van der Waals surface area (Å²) in [5.74, 6) is -0.0628. The highest BCUT2D eigenvalue weighted by Crippen LogP contribution is 2.38. The van der Waals surface area contributed by atoms with Crippen LogP contribution in [0.5, 0.6) is 17.2 Å². The first-order valence-electron chi connectivity index (χ1n) is 7.39. The molecule has 0 unspecified atom stereocenters. The smallest absolute Gasteiger partial charge is 0.434 e. The van der Waals surface area contributed by atoms with Gasteiger partial charge in [-0.1, -0.05) is 0 Å². The zero-order chi connectivity index (χ0) is 18.9. The van der Waals surface area contributed by atoms with Crippen molar-refractivity contribution in [3.63, 3.8) is 0 Å². The fourth-order valence-electron chi connectivity index (χ4n) is 2.38. The summed E-state index contributed by atoms with van der Waals surface area (Å²) in [6.45, 7) is 0. The summed E-state index contributed by atoms with van der Waals surface area (Å²) in [5.41, 5.74) is -0.713. The molecule has 1 aromatic heterocycles. The van der Waals surface area contributed by atoms with E-state index < -0.39 is 11.9 Å². The predicted molar refractivity (Wildman–Crippen MR) is 89.0 cm³/mol. The van der Waals surface area contributed by atoms with E-state index in [0.29, 0.717) is 11.4 Å². The summed E-state index contributed by atoms with van der Waals surface area (Å²) in [7, 11) is 2.75. The zero-order valence-electron chi connectivity index (χ0n) is 13.8. The van der Waals surface area contributed by atoms with Crippen molar-refractivity contribution in [2.75, 3.05) is 19.5 Å². The number of methoxy groups -OCH3 is 2. The van der Waals surface area contributed by atoms with Crippen molar-refractivity contribution in [2.45, 2.75) is 6.18 Å². The van der Waals surface area contributed by atoms with Crippen molar-refractivity contribution < 1.29 is 27.8 Å². The van der Waals surface area contributed by atoms with Gasteiger partial charge in [-0.3, -0.25) is 0 Å². The lowest BCUT2D eigenvalue weighted by atomic mass is 10.1. The Morgan fingerprint density at radius 2 is 1.69 bits per heavy atom. The lowest BCUT2D eigenvalue weighted by Gasteiger charge is -2.14. The van der Waals surface area contributed by atoms with E-state index in [1.165, 1.54) is 14.2 Å². The quantitative estimate of drug-likeness (QED) is 0.725. The van der Waals surface area contributed by atoms with Crippen LogP contribution in [0, 0.1) is 0 Å². The number of ether oxygens (including phenoxy) is 2. The second-order valence-electron chi connectivity index (χ2n) is 5.29. The first kappa shape index (κ1) is 17.6. The molecule has 26 heavy (non-hydrogen) atoms. The third-order valence-electron chi connectivity index (χ3n) is 3.61. The van der Waals surface area contributed by atoms with Gasteiger partial charge in [0.2, 0.25) is 5.95 Å². The Morgan fingerprint density at radius 3 is 2.27 bits per heavy atom. The van der Waals surface area contributed by atoms with Gasteiger partial charge in [-0.05, 0) is 30.3 Å². The molecule has 3 aromatic rings. The Balaban J connectivity index is 2.11. The number of phenols is 1. The highest BCUT2D eigenvalue weighted by atomic mass is 19.4. The van der Waals surface area contributed by atoms with Crippen LogP contribution in [0.2, 0.25) is 0 Å². The number of aromatic nitrogens is 2. The van der Waals surface area contributed by atoms with Gasteiger partial charge >= 0.3 is 6.18 Å². The highest BCUT2D eigenvalue weighted by Gasteiger charge is 2.36. The number of fused-ring (bicyclic) bond motifs is 1. The molecule has 1 heterocycles. The fourth-order valence-corrected chi connectivity index (χ4v) is 2.38. The van der Waals surface area contributed by atoms with Crippen LogP contribution in [-0.2, 0) is 6.18 Å². The highest BCUT2D eigenvalue weighted by molar-refractivity contribution is 5.86. The molecule has 9 heteroatoms. The Labute approximate surface area is 146 Å². The molecule has 2 N–H and O–H groups in total. The van der Waals surface area contributed by atoms with E-state index in [4.69, 9.17) is 9.47 Å². The van der Waals surface area contributed by atoms with E-state index in [1.807, 2.05) is 0 Å². The van der Waals surface area contributed by atoms with Crippen LogP contribution >= 0.6 is 0 Å². The summed E-state index contributed by atoms with van der Waals surface area (Å²) < 4.78 is 50.2. The molecule has 0 saturated heterocycles. The van der Waals surface area contributed by atoms with Gasteiger partial charge in [0.1, 0.15) is 5.75 Å². The maximum absolute atomic E-state index is 13.4. The minimum Gasteiger partial charge on any atom is -0.504 e. The van der Waals surface area contributed by atoms with Crippen molar-refractivity contribution in [1.29, 1.82) is 0 Å². The van der Waals surface area contributed by atoms with Crippen LogP contribution in [0.1, 0.15) is 5.69 Å². The largest absolute Gasteiger partial charge is 0.504 e. The molecule has 0 bridgehead atoms. The molecule has 0 spiro atoms. The number of alkyl halides is 3. The number of phenolic OH excluding ortho intramolecular Hbond substituents is 1. The molecule has 0 amide bonds. The minimum atomic E-state index is -4.71. The Hall–Kier alpha value is -3.23. The molecule has 0 fully saturated rings. The Kier molecular flexibility index (Phi) is 4.45. The SMILES string of the molecule is COc1ccc(Nc2nc(C(F)(F)F)c3cc(OC)c(O)cc3n2)cc1. The first-order valence-corrected chi connectivity index (χ1v) is 7.39. The summed E-state index contributed by atoms with van der Waals surface area (Å²) in [6, 6.07) is 8.68. The monoisotopic (exact) mass is 365 g/mol. The van der Waals surface area contributed by atoms with Gasteiger partial charge in [0.15, 0.2) is 17.2 Å². The molecule has 136 valence electrons. The van der Waals surface area contributed by atoms with E-state index in [0.717, 1.165) is 12.1 Å². The van der Waals surface area contributed by atoms with Gasteiger partial charge in [0.05, 0.1) is 19.7 Å². The molecule has 2 aromatic carbocycles. The maximum atomic E-state index is 13.4.